The van der Waals surface area contributed by atoms with Crippen molar-refractivity contribution in [2.24, 2.45) is 0 Å². The molecule has 3 N–H and O–H groups in total. The zero-order valence-corrected chi connectivity index (χ0v) is 18.7. The van der Waals surface area contributed by atoms with Gasteiger partial charge in [0, 0.05) is 37.3 Å². The van der Waals surface area contributed by atoms with Crippen LogP contribution >= 0.6 is 23.2 Å². The van der Waals surface area contributed by atoms with Gasteiger partial charge in [-0.25, -0.2) is 12.7 Å². The van der Waals surface area contributed by atoms with E-state index >= 15 is 0 Å². The molecule has 4 rings (SSSR count). The SMILES string of the molecule is CC1CNCCN1S(=O)c1ccc(S(=O)Nc2ccc(Cl)c3c(Cl)c[nH]c23)cc1. The molecule has 0 saturated carbocycles. The molecule has 2 aromatic carbocycles. The lowest BCUT2D eigenvalue weighted by molar-refractivity contribution is 0.297. The van der Waals surface area contributed by atoms with Gasteiger partial charge in [0.25, 0.3) is 0 Å². The van der Waals surface area contributed by atoms with E-state index in [0.717, 1.165) is 19.6 Å². The van der Waals surface area contributed by atoms with Gasteiger partial charge in [0.2, 0.25) is 0 Å². The number of halogens is 2. The number of H-pyrrole nitrogens is 1. The maximum absolute atomic E-state index is 12.9. The third kappa shape index (κ3) is 4.23. The van der Waals surface area contributed by atoms with Gasteiger partial charge in [0.05, 0.1) is 31.0 Å². The van der Waals surface area contributed by atoms with Crippen LogP contribution < -0.4 is 10.0 Å². The molecule has 1 aromatic heterocycles. The lowest BCUT2D eigenvalue weighted by atomic mass is 10.2. The highest BCUT2D eigenvalue weighted by atomic mass is 35.5. The van der Waals surface area contributed by atoms with Crippen molar-refractivity contribution in [1.82, 2.24) is 14.6 Å². The van der Waals surface area contributed by atoms with E-state index in [9.17, 15) is 8.42 Å². The van der Waals surface area contributed by atoms with Crippen LogP contribution in [0.25, 0.3) is 10.9 Å². The van der Waals surface area contributed by atoms with Crippen molar-refractivity contribution < 1.29 is 8.42 Å². The molecule has 10 heteroatoms. The van der Waals surface area contributed by atoms with Gasteiger partial charge in [-0.1, -0.05) is 23.2 Å². The first kappa shape index (κ1) is 20.8. The molecule has 154 valence electrons. The van der Waals surface area contributed by atoms with E-state index in [2.05, 4.69) is 21.9 Å². The smallest absolute Gasteiger partial charge is 0.150 e. The minimum atomic E-state index is -1.50. The number of benzene rings is 2. The molecular weight excluding hydrogens is 451 g/mol. The summed E-state index contributed by atoms with van der Waals surface area (Å²) in [7, 11) is -2.74. The quantitative estimate of drug-likeness (QED) is 0.528. The van der Waals surface area contributed by atoms with Gasteiger partial charge < -0.3 is 10.3 Å². The summed E-state index contributed by atoms with van der Waals surface area (Å²) >= 11 is 12.4. The highest BCUT2D eigenvalue weighted by Gasteiger charge is 2.24. The molecule has 0 radical (unpaired) electrons. The van der Waals surface area contributed by atoms with Gasteiger partial charge in [-0.15, -0.1) is 0 Å². The van der Waals surface area contributed by atoms with Gasteiger partial charge in [0.1, 0.15) is 22.0 Å². The Hall–Kier alpha value is -1.42. The third-order valence-corrected chi connectivity index (χ3v) is 8.19. The van der Waals surface area contributed by atoms with E-state index in [1.54, 1.807) is 42.6 Å². The van der Waals surface area contributed by atoms with Crippen LogP contribution in [0.15, 0.2) is 52.4 Å². The fraction of sp³-hybridized carbons (Fsp3) is 0.263. The minimum Gasteiger partial charge on any atom is -0.358 e. The number of aromatic amines is 1. The number of nitrogens with one attached hydrogen (secondary N) is 3. The molecule has 29 heavy (non-hydrogen) atoms. The van der Waals surface area contributed by atoms with Crippen molar-refractivity contribution in [1.29, 1.82) is 0 Å². The van der Waals surface area contributed by atoms with Gasteiger partial charge in [0.15, 0.2) is 0 Å². The van der Waals surface area contributed by atoms with E-state index in [1.807, 2.05) is 4.31 Å². The minimum absolute atomic E-state index is 0.194. The number of hydrogen-bond donors (Lipinski definition) is 3. The summed E-state index contributed by atoms with van der Waals surface area (Å²) in [6, 6.07) is 10.7. The number of fused-ring (bicyclic) bond motifs is 1. The Morgan fingerprint density at radius 2 is 1.79 bits per heavy atom. The molecule has 3 atom stereocenters. The van der Waals surface area contributed by atoms with Crippen LogP contribution in [0.1, 0.15) is 6.92 Å². The molecule has 2 heterocycles. The topological polar surface area (TPSA) is 77.2 Å². The second kappa shape index (κ2) is 8.75. The van der Waals surface area contributed by atoms with Crippen LogP contribution in [0.2, 0.25) is 10.0 Å². The number of piperazine rings is 1. The number of aromatic nitrogens is 1. The second-order valence-corrected chi connectivity index (χ2v) is 10.2. The molecule has 1 aliphatic rings. The molecule has 1 saturated heterocycles. The summed E-state index contributed by atoms with van der Waals surface area (Å²) in [5.74, 6) is 0. The highest BCUT2D eigenvalue weighted by molar-refractivity contribution is 7.86. The van der Waals surface area contributed by atoms with Crippen molar-refractivity contribution in [2.75, 3.05) is 24.4 Å². The molecule has 1 fully saturated rings. The lowest BCUT2D eigenvalue weighted by Crippen LogP contribution is -2.50. The largest absolute Gasteiger partial charge is 0.358 e. The van der Waals surface area contributed by atoms with E-state index in [-0.39, 0.29) is 6.04 Å². The van der Waals surface area contributed by atoms with E-state index in [0.29, 0.717) is 36.4 Å². The standard InChI is InChI=1S/C19H20Cl2N4O2S2/c1-12-10-22-8-9-25(12)29(27)14-4-2-13(3-5-14)28(26)24-17-7-6-15(20)18-16(21)11-23-19(17)18/h2-7,11-12,22-24H,8-10H2,1H3. The van der Waals surface area contributed by atoms with Crippen molar-refractivity contribution in [2.45, 2.75) is 22.8 Å². The Morgan fingerprint density at radius 3 is 2.52 bits per heavy atom. The number of hydrogen-bond acceptors (Lipinski definition) is 3. The van der Waals surface area contributed by atoms with Crippen LogP contribution in [0.5, 0.6) is 0 Å². The summed E-state index contributed by atoms with van der Waals surface area (Å²) < 4.78 is 30.6. The summed E-state index contributed by atoms with van der Waals surface area (Å²) in [6.07, 6.45) is 1.65. The fourth-order valence-electron chi connectivity index (χ4n) is 3.30. The van der Waals surface area contributed by atoms with Crippen LogP contribution in [0.3, 0.4) is 0 Å². The van der Waals surface area contributed by atoms with Gasteiger partial charge >= 0.3 is 0 Å². The number of anilines is 1. The Kier molecular flexibility index (Phi) is 6.29. The van der Waals surface area contributed by atoms with Crippen LogP contribution in [0, 0.1) is 0 Å². The molecule has 3 unspecified atom stereocenters. The number of nitrogens with zero attached hydrogens (tertiary/aromatic N) is 1. The molecule has 0 aliphatic carbocycles. The summed E-state index contributed by atoms with van der Waals surface area (Å²) in [4.78, 5) is 4.34. The van der Waals surface area contributed by atoms with Gasteiger partial charge in [-0.3, -0.25) is 4.72 Å². The molecule has 3 aromatic rings. The van der Waals surface area contributed by atoms with Crippen molar-refractivity contribution in [3.63, 3.8) is 0 Å². The second-order valence-electron chi connectivity index (χ2n) is 6.77. The molecular formula is C19H20Cl2N4O2S2. The summed E-state index contributed by atoms with van der Waals surface area (Å²) in [5.41, 5.74) is 1.33. The van der Waals surface area contributed by atoms with E-state index in [1.165, 1.54) is 0 Å². The van der Waals surface area contributed by atoms with E-state index in [4.69, 9.17) is 23.2 Å². The van der Waals surface area contributed by atoms with Crippen LogP contribution in [-0.4, -0.2) is 43.4 Å². The molecule has 0 spiro atoms. The zero-order chi connectivity index (χ0) is 20.5. The fourth-order valence-corrected chi connectivity index (χ4v) is 6.02. The molecule has 1 aliphatic heterocycles. The molecule has 6 nitrogen and oxygen atoms in total. The predicted octanol–water partition coefficient (Wildman–Crippen LogP) is 3.93. The maximum Gasteiger partial charge on any atom is 0.150 e. The Labute approximate surface area is 184 Å². The molecule has 0 amide bonds. The lowest BCUT2D eigenvalue weighted by Gasteiger charge is -2.32. The van der Waals surface area contributed by atoms with Crippen molar-refractivity contribution in [3.8, 4) is 0 Å². The highest BCUT2D eigenvalue weighted by Crippen LogP contribution is 2.35. The molecule has 0 bridgehead atoms. The van der Waals surface area contributed by atoms with Crippen molar-refractivity contribution in [3.05, 3.63) is 52.6 Å². The average molecular weight is 471 g/mol. The number of rotatable bonds is 5. The van der Waals surface area contributed by atoms with Crippen LogP contribution in [-0.2, 0) is 22.0 Å². The first-order chi connectivity index (χ1) is 14.0. The zero-order valence-electron chi connectivity index (χ0n) is 15.6. The Morgan fingerprint density at radius 1 is 1.07 bits per heavy atom. The average Bonchev–Trinajstić information content (AvgIpc) is 3.13. The monoisotopic (exact) mass is 470 g/mol. The Bertz CT molecular complexity index is 1090. The Balaban J connectivity index is 1.52. The van der Waals surface area contributed by atoms with Crippen LogP contribution in [0.4, 0.5) is 5.69 Å². The first-order valence-corrected chi connectivity index (χ1v) is 12.1. The normalized spacial score (nSPS) is 19.9. The summed E-state index contributed by atoms with van der Waals surface area (Å²) in [5, 5.41) is 5.01. The summed E-state index contributed by atoms with van der Waals surface area (Å²) in [6.45, 7) is 4.42. The predicted molar refractivity (Wildman–Crippen MR) is 120 cm³/mol. The third-order valence-electron chi connectivity index (χ3n) is 4.83. The maximum atomic E-state index is 12.9. The van der Waals surface area contributed by atoms with Gasteiger partial charge in [-0.2, -0.15) is 0 Å². The first-order valence-electron chi connectivity index (χ1n) is 9.08. The van der Waals surface area contributed by atoms with Crippen molar-refractivity contribution >= 4 is 61.8 Å². The van der Waals surface area contributed by atoms with Gasteiger partial charge in [-0.05, 0) is 43.3 Å². The van der Waals surface area contributed by atoms with E-state index < -0.39 is 22.0 Å².